The Morgan fingerprint density at radius 1 is 1.13 bits per heavy atom. The molecule has 4 atom stereocenters. The maximum Gasteiger partial charge on any atom is 0.233 e. The lowest BCUT2D eigenvalue weighted by atomic mass is 10.0. The fourth-order valence-corrected chi connectivity index (χ4v) is 5.72. The quantitative estimate of drug-likeness (QED) is 0.728. The number of nitrogens with zero attached hydrogens (tertiary/aromatic N) is 5. The second-order valence-electron chi connectivity index (χ2n) is 9.53. The number of fused-ring (bicyclic) bond motifs is 1. The Morgan fingerprint density at radius 3 is 2.60 bits per heavy atom. The molecule has 1 saturated carbocycles. The van der Waals surface area contributed by atoms with E-state index in [1.807, 2.05) is 32.3 Å². The molecule has 2 unspecified atom stereocenters. The molecule has 4 heterocycles. The van der Waals surface area contributed by atoms with Crippen LogP contribution >= 0.6 is 0 Å². The average Bonchev–Trinajstić information content (AvgIpc) is 3.40. The first-order valence-electron chi connectivity index (χ1n) is 11.4. The Morgan fingerprint density at radius 2 is 1.97 bits per heavy atom. The average molecular weight is 412 g/mol. The lowest BCUT2D eigenvalue weighted by Crippen LogP contribution is -2.33. The Labute approximate surface area is 178 Å². The Balaban J connectivity index is 1.08. The predicted octanol–water partition coefficient (Wildman–Crippen LogP) is 2.95. The molecule has 0 bridgehead atoms. The number of ether oxygens (including phenoxy) is 2. The maximum absolute atomic E-state index is 6.01. The summed E-state index contributed by atoms with van der Waals surface area (Å²) in [6.07, 6.45) is 7.10. The molecular weight excluding hydrogens is 378 g/mol. The molecule has 162 valence electrons. The Hall–Kier alpha value is -1.99. The van der Waals surface area contributed by atoms with Crippen molar-refractivity contribution in [2.24, 2.45) is 30.7 Å². The van der Waals surface area contributed by atoms with E-state index >= 15 is 0 Å². The molecule has 5 rings (SSSR count). The van der Waals surface area contributed by atoms with E-state index in [0.29, 0.717) is 11.8 Å². The third-order valence-corrected chi connectivity index (χ3v) is 7.09. The standard InChI is InChI=1S/C23H33N5O2/c1-16-21(13-27(2)26-16)22-5-6-23(25-24-22)30-15-18-8-19-11-28(12-20(19)9-18)10-17-4-3-7-29-14-17/h5-6,13,17-20H,3-4,7-12,14-15H2,1-2H3/t17?,18?,19-,20+. The van der Waals surface area contributed by atoms with Gasteiger partial charge in [0.1, 0.15) is 0 Å². The fraction of sp³-hybridized carbons (Fsp3) is 0.696. The van der Waals surface area contributed by atoms with Gasteiger partial charge in [0.25, 0.3) is 0 Å². The summed E-state index contributed by atoms with van der Waals surface area (Å²) in [5.74, 6) is 3.68. The zero-order chi connectivity index (χ0) is 20.5. The zero-order valence-electron chi connectivity index (χ0n) is 18.2. The lowest BCUT2D eigenvalue weighted by molar-refractivity contribution is 0.0404. The number of rotatable bonds is 6. The van der Waals surface area contributed by atoms with Crippen LogP contribution in [0.5, 0.6) is 5.88 Å². The van der Waals surface area contributed by atoms with E-state index < -0.39 is 0 Å². The van der Waals surface area contributed by atoms with Crippen molar-refractivity contribution in [1.82, 2.24) is 24.9 Å². The summed E-state index contributed by atoms with van der Waals surface area (Å²) in [7, 11) is 1.92. The third kappa shape index (κ3) is 4.37. The van der Waals surface area contributed by atoms with E-state index in [4.69, 9.17) is 9.47 Å². The first kappa shape index (κ1) is 19.9. The molecule has 0 N–H and O–H groups in total. The van der Waals surface area contributed by atoms with E-state index in [2.05, 4.69) is 20.2 Å². The zero-order valence-corrected chi connectivity index (χ0v) is 18.2. The number of likely N-dealkylation sites (tertiary alicyclic amines) is 1. The molecule has 2 aliphatic heterocycles. The summed E-state index contributed by atoms with van der Waals surface area (Å²) >= 11 is 0. The molecule has 0 radical (unpaired) electrons. The van der Waals surface area contributed by atoms with Gasteiger partial charge in [0.15, 0.2) is 0 Å². The van der Waals surface area contributed by atoms with Crippen molar-refractivity contribution in [3.05, 3.63) is 24.0 Å². The lowest BCUT2D eigenvalue weighted by Gasteiger charge is -2.27. The molecule has 2 saturated heterocycles. The van der Waals surface area contributed by atoms with Gasteiger partial charge in [0.2, 0.25) is 5.88 Å². The summed E-state index contributed by atoms with van der Waals surface area (Å²) in [6, 6.07) is 3.90. The fourth-order valence-electron chi connectivity index (χ4n) is 5.72. The number of hydrogen-bond donors (Lipinski definition) is 0. The molecule has 3 aliphatic rings. The van der Waals surface area contributed by atoms with Crippen molar-refractivity contribution in [2.75, 3.05) is 39.5 Å². The van der Waals surface area contributed by atoms with Crippen molar-refractivity contribution in [3.8, 4) is 17.1 Å². The van der Waals surface area contributed by atoms with Crippen molar-refractivity contribution in [3.63, 3.8) is 0 Å². The van der Waals surface area contributed by atoms with Gasteiger partial charge in [-0.1, -0.05) is 0 Å². The van der Waals surface area contributed by atoms with Gasteiger partial charge in [-0.15, -0.1) is 10.2 Å². The largest absolute Gasteiger partial charge is 0.476 e. The molecule has 30 heavy (non-hydrogen) atoms. The van der Waals surface area contributed by atoms with Crippen LogP contribution < -0.4 is 4.74 Å². The third-order valence-electron chi connectivity index (χ3n) is 7.09. The van der Waals surface area contributed by atoms with E-state index in [1.54, 1.807) is 4.68 Å². The molecule has 7 heteroatoms. The molecule has 0 spiro atoms. The van der Waals surface area contributed by atoms with Crippen LogP contribution in [-0.4, -0.2) is 64.3 Å². The highest BCUT2D eigenvalue weighted by Gasteiger charge is 2.41. The van der Waals surface area contributed by atoms with Crippen LogP contribution in [0.25, 0.3) is 11.3 Å². The molecule has 0 aromatic carbocycles. The van der Waals surface area contributed by atoms with Crippen LogP contribution in [-0.2, 0) is 11.8 Å². The molecular formula is C23H33N5O2. The summed E-state index contributed by atoms with van der Waals surface area (Å²) in [4.78, 5) is 2.69. The SMILES string of the molecule is Cc1nn(C)cc1-c1ccc(OCC2C[C@@H]3CN(CC4CCCOC4)C[C@@H]3C2)nn1. The highest BCUT2D eigenvalue weighted by molar-refractivity contribution is 5.60. The second kappa shape index (κ2) is 8.63. The molecule has 3 fully saturated rings. The first-order chi connectivity index (χ1) is 14.6. The van der Waals surface area contributed by atoms with E-state index in [-0.39, 0.29) is 0 Å². The second-order valence-corrected chi connectivity index (χ2v) is 9.53. The summed E-state index contributed by atoms with van der Waals surface area (Å²) in [6.45, 7) is 8.41. The minimum Gasteiger partial charge on any atom is -0.476 e. The molecule has 2 aromatic rings. The summed E-state index contributed by atoms with van der Waals surface area (Å²) in [5, 5.41) is 13.0. The van der Waals surface area contributed by atoms with Crippen LogP contribution in [0.1, 0.15) is 31.4 Å². The van der Waals surface area contributed by atoms with Crippen LogP contribution in [0, 0.1) is 30.6 Å². The van der Waals surface area contributed by atoms with Crippen LogP contribution in [0.4, 0.5) is 0 Å². The Kier molecular flexibility index (Phi) is 5.74. The highest BCUT2D eigenvalue weighted by atomic mass is 16.5. The monoisotopic (exact) mass is 411 g/mol. The number of aromatic nitrogens is 4. The molecule has 1 aliphatic carbocycles. The van der Waals surface area contributed by atoms with Crippen LogP contribution in [0.3, 0.4) is 0 Å². The summed E-state index contributed by atoms with van der Waals surface area (Å²) < 4.78 is 13.5. The minimum atomic E-state index is 0.622. The van der Waals surface area contributed by atoms with Crippen LogP contribution in [0.2, 0.25) is 0 Å². The van der Waals surface area contributed by atoms with Gasteiger partial charge >= 0.3 is 0 Å². The topological polar surface area (TPSA) is 65.3 Å². The predicted molar refractivity (Wildman–Crippen MR) is 114 cm³/mol. The number of hydrogen-bond acceptors (Lipinski definition) is 6. The van der Waals surface area contributed by atoms with Gasteiger partial charge in [-0.2, -0.15) is 5.10 Å². The van der Waals surface area contributed by atoms with Crippen molar-refractivity contribution >= 4 is 0 Å². The normalized spacial score (nSPS) is 29.3. The van der Waals surface area contributed by atoms with Crippen molar-refractivity contribution in [1.29, 1.82) is 0 Å². The van der Waals surface area contributed by atoms with E-state index in [0.717, 1.165) is 54.5 Å². The van der Waals surface area contributed by atoms with Crippen LogP contribution in [0.15, 0.2) is 18.3 Å². The molecule has 2 aromatic heterocycles. The summed E-state index contributed by atoms with van der Waals surface area (Å²) in [5.41, 5.74) is 2.82. The van der Waals surface area contributed by atoms with Gasteiger partial charge in [0, 0.05) is 51.1 Å². The smallest absolute Gasteiger partial charge is 0.233 e. The number of aryl methyl sites for hydroxylation is 2. The van der Waals surface area contributed by atoms with Gasteiger partial charge in [-0.05, 0) is 62.3 Å². The van der Waals surface area contributed by atoms with Gasteiger partial charge in [0.05, 0.1) is 24.6 Å². The Bertz CT molecular complexity index is 832. The molecule has 0 amide bonds. The van der Waals surface area contributed by atoms with E-state index in [9.17, 15) is 0 Å². The van der Waals surface area contributed by atoms with Gasteiger partial charge in [-0.3, -0.25) is 4.68 Å². The van der Waals surface area contributed by atoms with Gasteiger partial charge in [-0.25, -0.2) is 0 Å². The van der Waals surface area contributed by atoms with Crippen molar-refractivity contribution < 1.29 is 9.47 Å². The highest BCUT2D eigenvalue weighted by Crippen LogP contribution is 2.42. The van der Waals surface area contributed by atoms with Gasteiger partial charge < -0.3 is 14.4 Å². The first-order valence-corrected chi connectivity index (χ1v) is 11.4. The van der Waals surface area contributed by atoms with E-state index in [1.165, 1.54) is 45.3 Å². The molecule has 7 nitrogen and oxygen atoms in total. The minimum absolute atomic E-state index is 0.622. The maximum atomic E-state index is 6.01. The van der Waals surface area contributed by atoms with Crippen molar-refractivity contribution in [2.45, 2.75) is 32.6 Å².